The normalized spacial score (nSPS) is 16.9. The molecule has 0 aliphatic carbocycles. The van der Waals surface area contributed by atoms with Crippen LogP contribution in [0, 0.1) is 29.6 Å². The van der Waals surface area contributed by atoms with Gasteiger partial charge in [-0.05, 0) is 99.7 Å². The van der Waals surface area contributed by atoms with E-state index in [-0.39, 0.29) is 124 Å². The van der Waals surface area contributed by atoms with E-state index >= 15 is 0 Å². The lowest BCUT2D eigenvalue weighted by Gasteiger charge is -2.41. The molecule has 4 rings (SSSR count). The summed E-state index contributed by atoms with van der Waals surface area (Å²) >= 11 is 0. The standard InChI is InChI=1S/C71H112N12O18S/c1-15-47(8)63(81(12)70(93)61(45(4)5)78-69(92)62(46(6)7)80(10)11)55(97-13)43-59(87)82-34-21-25-54(82)64(98-14)48(9)65(88)76-53(42-49-22-17-16-18-23-49)67(90)79-102(95,96)51-28-26-50(27-29-51)74-66(89)52(24-19-20-33-73-71(72)94)75-68(91)60(44(2)3)77-56(84)32-36-99-38-40-101-41-39-100-37-35-83-57(85)30-31-58(83)86/h16-18,22-23,26-31,44-48,52-55,60-64H,15,19-21,24-25,32-43H2,1-14H3,(H,74,89)(H,75,91)(H,76,88)(H,77,84)(H,78,92)(H,79,90)(H3,72,73,94)/t47-,48+,52-,53-,54-,55+,60-,61-,62-,63-,64+/m0/s1. The minimum Gasteiger partial charge on any atom is -0.379 e. The summed E-state index contributed by atoms with van der Waals surface area (Å²) in [6.07, 6.45) is 2.80. The summed E-state index contributed by atoms with van der Waals surface area (Å²) in [4.78, 5) is 153. The monoisotopic (exact) mass is 1450 g/mol. The van der Waals surface area contributed by atoms with Crippen molar-refractivity contribution in [1.29, 1.82) is 0 Å². The number of imide groups is 1. The Kier molecular flexibility index (Phi) is 36.7. The molecule has 9 N–H and O–H groups in total. The number of benzene rings is 2. The van der Waals surface area contributed by atoms with E-state index in [9.17, 15) is 61.2 Å². The molecule has 2 heterocycles. The summed E-state index contributed by atoms with van der Waals surface area (Å²) in [5, 5.41) is 16.4. The lowest BCUT2D eigenvalue weighted by atomic mass is 9.89. The molecule has 0 spiro atoms. The van der Waals surface area contributed by atoms with Crippen LogP contribution in [-0.2, 0) is 88.1 Å². The van der Waals surface area contributed by atoms with Gasteiger partial charge in [-0.3, -0.25) is 57.7 Å². The molecule has 570 valence electrons. The first-order valence-electron chi connectivity index (χ1n) is 35.1. The molecule has 0 bridgehead atoms. The van der Waals surface area contributed by atoms with E-state index in [0.29, 0.717) is 44.2 Å². The third kappa shape index (κ3) is 27.0. The van der Waals surface area contributed by atoms with Crippen LogP contribution in [0.5, 0.6) is 0 Å². The predicted octanol–water partition coefficient (Wildman–Crippen LogP) is 2.63. The summed E-state index contributed by atoms with van der Waals surface area (Å²) in [6, 6.07) is 6.50. The number of likely N-dealkylation sites (tertiary alicyclic amines) is 1. The molecule has 0 saturated carbocycles. The fourth-order valence-corrected chi connectivity index (χ4v) is 13.5. The molecule has 1 saturated heterocycles. The highest BCUT2D eigenvalue weighted by atomic mass is 32.2. The maximum absolute atomic E-state index is 14.7. The van der Waals surface area contributed by atoms with Crippen LogP contribution in [0.1, 0.15) is 119 Å². The Bertz CT molecular complexity index is 3210. The zero-order valence-electron chi connectivity index (χ0n) is 61.8. The first kappa shape index (κ1) is 86.5. The average Bonchev–Trinajstić information content (AvgIpc) is 1.07. The van der Waals surface area contributed by atoms with Gasteiger partial charge < -0.3 is 71.1 Å². The average molecular weight is 1450 g/mol. The van der Waals surface area contributed by atoms with E-state index in [1.807, 2.05) is 60.5 Å². The number of hydrogen-bond donors (Lipinski definition) is 8. The molecule has 1 fully saturated rings. The van der Waals surface area contributed by atoms with Crippen LogP contribution < -0.4 is 42.4 Å². The number of nitrogens with one attached hydrogen (secondary N) is 7. The number of carbonyl (C=O) groups excluding carboxylic acids is 11. The SMILES string of the molecule is CC[C@H](C)[C@@H]([C@@H](CC(=O)N1CCC[C@H]1[C@H](OC)[C@@H](C)C(=O)N[C@@H](Cc1ccccc1)C(=O)NS(=O)(=O)c1ccc(NC(=O)[C@H](CCCCNC(N)=O)NC(=O)[C@@H](NC(=O)CCOCCOCCOCCN2C(=O)C=CC2=O)C(C)C)cc1)OC)N(C)C(=O)[C@@H](NC(=O)[C@H](C(C)C)N(C)C)C(C)C. The van der Waals surface area contributed by atoms with Gasteiger partial charge in [-0.1, -0.05) is 99.1 Å². The Hall–Kier alpha value is -7.94. The van der Waals surface area contributed by atoms with Gasteiger partial charge in [-0.25, -0.2) is 17.9 Å². The summed E-state index contributed by atoms with van der Waals surface area (Å²) in [5.74, 6) is -7.14. The van der Waals surface area contributed by atoms with Crippen LogP contribution in [0.2, 0.25) is 0 Å². The van der Waals surface area contributed by atoms with E-state index < -0.39 is 124 Å². The van der Waals surface area contributed by atoms with Crippen LogP contribution in [0.3, 0.4) is 0 Å². The van der Waals surface area contributed by atoms with Gasteiger partial charge in [0.25, 0.3) is 27.7 Å². The van der Waals surface area contributed by atoms with Crippen molar-refractivity contribution in [3.8, 4) is 0 Å². The number of sulfonamides is 1. The van der Waals surface area contributed by atoms with E-state index in [0.717, 1.165) is 17.0 Å². The minimum absolute atomic E-state index is 0.00290. The number of anilines is 1. The highest BCUT2D eigenvalue weighted by Gasteiger charge is 2.44. The molecule has 0 unspecified atom stereocenters. The van der Waals surface area contributed by atoms with E-state index in [4.69, 9.17) is 29.4 Å². The number of primary amides is 1. The van der Waals surface area contributed by atoms with Gasteiger partial charge in [0, 0.05) is 65.0 Å². The molecule has 2 aliphatic heterocycles. The van der Waals surface area contributed by atoms with Crippen molar-refractivity contribution in [3.05, 3.63) is 72.3 Å². The quantitative estimate of drug-likeness (QED) is 0.0349. The van der Waals surface area contributed by atoms with Gasteiger partial charge >= 0.3 is 6.03 Å². The number of nitrogens with two attached hydrogens (primary N) is 1. The van der Waals surface area contributed by atoms with E-state index in [1.54, 1.807) is 68.0 Å². The van der Waals surface area contributed by atoms with Crippen LogP contribution in [0.25, 0.3) is 0 Å². The van der Waals surface area contributed by atoms with Crippen LogP contribution >= 0.6 is 0 Å². The zero-order valence-corrected chi connectivity index (χ0v) is 62.6. The first-order valence-corrected chi connectivity index (χ1v) is 36.6. The molecular weight excluding hydrogens is 1340 g/mol. The Morgan fingerprint density at radius 1 is 0.667 bits per heavy atom. The van der Waals surface area contributed by atoms with Crippen LogP contribution in [0.15, 0.2) is 71.6 Å². The second-order valence-corrected chi connectivity index (χ2v) is 28.8. The topological polar surface area (TPSA) is 391 Å². The molecule has 2 aromatic carbocycles. The van der Waals surface area contributed by atoms with Gasteiger partial charge in [-0.2, -0.15) is 0 Å². The molecule has 30 nitrogen and oxygen atoms in total. The van der Waals surface area contributed by atoms with E-state index in [1.165, 1.54) is 38.5 Å². The third-order valence-corrected chi connectivity index (χ3v) is 19.6. The van der Waals surface area contributed by atoms with E-state index in [2.05, 4.69) is 36.6 Å². The fraction of sp³-hybridized carbons (Fsp3) is 0.648. The van der Waals surface area contributed by atoms with Crippen molar-refractivity contribution in [2.45, 2.75) is 179 Å². The molecule has 2 aliphatic rings. The van der Waals surface area contributed by atoms with Gasteiger partial charge in [0.15, 0.2) is 0 Å². The number of carbonyl (C=O) groups is 11. The summed E-state index contributed by atoms with van der Waals surface area (Å²) in [7, 11) is 3.56. The van der Waals surface area contributed by atoms with Crippen molar-refractivity contribution in [1.82, 2.24) is 50.9 Å². The number of likely N-dealkylation sites (N-methyl/N-ethyl adjacent to an activating group) is 2. The van der Waals surface area contributed by atoms with Gasteiger partial charge in [0.2, 0.25) is 41.4 Å². The Labute approximate surface area is 601 Å². The van der Waals surface area contributed by atoms with Gasteiger partial charge in [0.05, 0.1) is 93.8 Å². The van der Waals surface area contributed by atoms with Crippen molar-refractivity contribution < 1.29 is 84.8 Å². The molecular formula is C71H112N12O18S. The zero-order chi connectivity index (χ0) is 76.0. The number of urea groups is 1. The largest absolute Gasteiger partial charge is 0.379 e. The van der Waals surface area contributed by atoms with Crippen molar-refractivity contribution in [2.75, 3.05) is 100.0 Å². The molecule has 102 heavy (non-hydrogen) atoms. The smallest absolute Gasteiger partial charge is 0.312 e. The number of ether oxygens (including phenoxy) is 5. The number of methoxy groups -OCH3 is 2. The van der Waals surface area contributed by atoms with Crippen LogP contribution in [0.4, 0.5) is 10.5 Å². The Balaban J connectivity index is 1.42. The molecule has 31 heteroatoms. The Morgan fingerprint density at radius 3 is 1.82 bits per heavy atom. The van der Waals surface area contributed by atoms with Crippen molar-refractivity contribution >= 4 is 80.8 Å². The minimum atomic E-state index is -4.66. The number of unbranched alkanes of at least 4 members (excludes halogenated alkanes) is 1. The second-order valence-electron chi connectivity index (χ2n) is 27.1. The highest BCUT2D eigenvalue weighted by molar-refractivity contribution is 7.90. The molecule has 11 atom stereocenters. The molecule has 0 radical (unpaired) electrons. The lowest BCUT2D eigenvalue weighted by Crippen LogP contribution is -2.59. The predicted molar refractivity (Wildman–Crippen MR) is 381 cm³/mol. The van der Waals surface area contributed by atoms with Gasteiger partial charge in [0.1, 0.15) is 24.2 Å². The first-order chi connectivity index (χ1) is 48.3. The molecule has 2 aromatic rings. The summed E-state index contributed by atoms with van der Waals surface area (Å²) < 4.78 is 58.7. The fourth-order valence-electron chi connectivity index (χ4n) is 12.5. The Morgan fingerprint density at radius 2 is 1.26 bits per heavy atom. The van der Waals surface area contributed by atoms with Crippen molar-refractivity contribution in [3.63, 3.8) is 0 Å². The number of nitrogens with zero attached hydrogens (tertiary/aromatic N) is 4. The van der Waals surface area contributed by atoms with Gasteiger partial charge in [-0.15, -0.1) is 0 Å². The maximum Gasteiger partial charge on any atom is 0.312 e. The second kappa shape index (κ2) is 43.2. The number of hydrogen-bond acceptors (Lipinski definition) is 19. The maximum atomic E-state index is 14.7. The number of rotatable bonds is 46. The third-order valence-electron chi connectivity index (χ3n) is 18.2. The summed E-state index contributed by atoms with van der Waals surface area (Å²) in [5.41, 5.74) is 5.93. The lowest BCUT2D eigenvalue weighted by molar-refractivity contribution is -0.148. The molecule has 12 amide bonds. The van der Waals surface area contributed by atoms with Crippen molar-refractivity contribution in [2.24, 2.45) is 35.3 Å². The highest BCUT2D eigenvalue weighted by Crippen LogP contribution is 2.30. The number of amides is 12. The van der Waals surface area contributed by atoms with Crippen LogP contribution in [-0.4, -0.2) is 242 Å². The molecule has 0 aromatic heterocycles. The summed E-state index contributed by atoms with van der Waals surface area (Å²) in [6.45, 7) is 18.2.